The first kappa shape index (κ1) is 16.7. The number of nitrogens with one attached hydrogen (secondary N) is 1. The summed E-state index contributed by atoms with van der Waals surface area (Å²) >= 11 is 2.19. The third-order valence-electron chi connectivity index (χ3n) is 2.28. The van der Waals surface area contributed by atoms with Crippen LogP contribution in [0.4, 0.5) is 9.80 Å². The van der Waals surface area contributed by atoms with Crippen molar-refractivity contribution in [3.8, 4) is 0 Å². The number of aromatic nitrogens is 1. The van der Waals surface area contributed by atoms with Crippen molar-refractivity contribution in [2.75, 3.05) is 25.2 Å². The van der Waals surface area contributed by atoms with Crippen molar-refractivity contribution in [3.63, 3.8) is 0 Å². The van der Waals surface area contributed by atoms with Crippen LogP contribution in [0.3, 0.4) is 0 Å². The minimum atomic E-state index is -1.13. The summed E-state index contributed by atoms with van der Waals surface area (Å²) in [7, 11) is 3.13. The lowest BCUT2D eigenvalue weighted by Gasteiger charge is -2.10. The fourth-order valence-corrected chi connectivity index (χ4v) is 3.23. The van der Waals surface area contributed by atoms with Crippen molar-refractivity contribution in [2.45, 2.75) is 24.5 Å². The van der Waals surface area contributed by atoms with E-state index in [9.17, 15) is 19.8 Å². The van der Waals surface area contributed by atoms with Crippen LogP contribution in [0.2, 0.25) is 0 Å². The monoisotopic (exact) mass is 319 g/mol. The van der Waals surface area contributed by atoms with E-state index in [0.29, 0.717) is 17.2 Å². The summed E-state index contributed by atoms with van der Waals surface area (Å²) in [6.45, 7) is 1.67. The van der Waals surface area contributed by atoms with E-state index in [2.05, 4.69) is 9.69 Å². The number of thioether (sulfide) groups is 1. The molecule has 20 heavy (non-hydrogen) atoms. The van der Waals surface area contributed by atoms with Gasteiger partial charge in [0.15, 0.2) is 0 Å². The van der Waals surface area contributed by atoms with Crippen LogP contribution in [-0.4, -0.2) is 57.4 Å². The molecule has 0 aromatic carbocycles. The van der Waals surface area contributed by atoms with E-state index in [1.54, 1.807) is 21.0 Å². The summed E-state index contributed by atoms with van der Waals surface area (Å²) in [6, 6.07) is -0.406. The lowest BCUT2D eigenvalue weighted by molar-refractivity contribution is 0.0694. The number of aliphatic hydroxyl groups excluding tert-OH is 1. The van der Waals surface area contributed by atoms with E-state index >= 15 is 0 Å². The van der Waals surface area contributed by atoms with E-state index in [0.717, 1.165) is 11.5 Å². The molecule has 0 aliphatic heterocycles. The highest BCUT2D eigenvalue weighted by Gasteiger charge is 2.22. The Morgan fingerprint density at radius 1 is 1.50 bits per heavy atom. The summed E-state index contributed by atoms with van der Waals surface area (Å²) in [6.07, 6.45) is 0.100. The molecule has 1 unspecified atom stereocenters. The van der Waals surface area contributed by atoms with Crippen molar-refractivity contribution >= 4 is 40.3 Å². The highest BCUT2D eigenvalue weighted by atomic mass is 32.2. The maximum atomic E-state index is 11.6. The first-order valence-corrected chi connectivity index (χ1v) is 7.61. The van der Waals surface area contributed by atoms with Gasteiger partial charge in [-0.05, 0) is 24.9 Å². The highest BCUT2D eigenvalue weighted by molar-refractivity contribution is 7.99. The Morgan fingerprint density at radius 3 is 2.65 bits per heavy atom. The lowest BCUT2D eigenvalue weighted by atomic mass is 10.3. The molecule has 1 heterocycles. The van der Waals surface area contributed by atoms with Gasteiger partial charge in [0.2, 0.25) is 0 Å². The molecule has 0 saturated heterocycles. The first-order chi connectivity index (χ1) is 9.32. The molecule has 2 amide bonds. The van der Waals surface area contributed by atoms with Gasteiger partial charge in [-0.15, -0.1) is 11.8 Å². The predicted octanol–water partition coefficient (Wildman–Crippen LogP) is 1.80. The van der Waals surface area contributed by atoms with Gasteiger partial charge in [0.1, 0.15) is 15.6 Å². The van der Waals surface area contributed by atoms with E-state index in [-0.39, 0.29) is 10.6 Å². The second kappa shape index (κ2) is 7.46. The van der Waals surface area contributed by atoms with Crippen molar-refractivity contribution in [3.05, 3.63) is 5.56 Å². The molecule has 1 atom stereocenters. The molecule has 0 saturated carbocycles. The van der Waals surface area contributed by atoms with Gasteiger partial charge in [-0.1, -0.05) is 0 Å². The largest absolute Gasteiger partial charge is 0.477 e. The van der Waals surface area contributed by atoms with Crippen LogP contribution in [0.1, 0.15) is 23.7 Å². The Balaban J connectivity index is 2.84. The molecule has 1 aromatic rings. The summed E-state index contributed by atoms with van der Waals surface area (Å²) in [4.78, 5) is 24.2. The molecular weight excluding hydrogens is 302 g/mol. The second-order valence-electron chi connectivity index (χ2n) is 4.31. The van der Waals surface area contributed by atoms with Crippen LogP contribution in [0.25, 0.3) is 0 Å². The van der Waals surface area contributed by atoms with Gasteiger partial charge in [-0.25, -0.2) is 9.59 Å². The molecule has 0 spiro atoms. The Kier molecular flexibility index (Phi) is 6.24. The summed E-state index contributed by atoms with van der Waals surface area (Å²) in [5, 5.41) is 21.5. The Labute approximate surface area is 125 Å². The van der Waals surface area contributed by atoms with Crippen LogP contribution in [0.5, 0.6) is 0 Å². The molecule has 7 nitrogen and oxygen atoms in total. The predicted molar refractivity (Wildman–Crippen MR) is 78.8 cm³/mol. The molecule has 1 rings (SSSR count). The quantitative estimate of drug-likeness (QED) is 0.691. The number of carbonyl (C=O) groups is 2. The smallest absolute Gasteiger partial charge is 0.341 e. The molecule has 0 bridgehead atoms. The fourth-order valence-electron chi connectivity index (χ4n) is 1.18. The highest BCUT2D eigenvalue weighted by Crippen LogP contribution is 2.32. The van der Waals surface area contributed by atoms with E-state index in [1.807, 2.05) is 0 Å². The van der Waals surface area contributed by atoms with Gasteiger partial charge in [-0.2, -0.15) is 4.37 Å². The molecule has 3 N–H and O–H groups in total. The molecule has 112 valence electrons. The Bertz CT molecular complexity index is 488. The Morgan fingerprint density at radius 2 is 2.15 bits per heavy atom. The van der Waals surface area contributed by atoms with Gasteiger partial charge in [-0.3, -0.25) is 5.32 Å². The van der Waals surface area contributed by atoms with E-state index in [4.69, 9.17) is 0 Å². The van der Waals surface area contributed by atoms with Crippen LogP contribution in [-0.2, 0) is 0 Å². The number of rotatable bonds is 6. The van der Waals surface area contributed by atoms with Crippen molar-refractivity contribution < 1.29 is 19.8 Å². The molecule has 0 fully saturated rings. The van der Waals surface area contributed by atoms with Gasteiger partial charge in [0, 0.05) is 19.8 Å². The van der Waals surface area contributed by atoms with Gasteiger partial charge in [0.25, 0.3) is 0 Å². The number of carbonyl (C=O) groups excluding carboxylic acids is 1. The average Bonchev–Trinajstić information content (AvgIpc) is 2.71. The molecule has 9 heteroatoms. The van der Waals surface area contributed by atoms with Crippen LogP contribution < -0.4 is 5.32 Å². The maximum absolute atomic E-state index is 11.6. The van der Waals surface area contributed by atoms with Crippen molar-refractivity contribution in [1.82, 2.24) is 9.27 Å². The number of urea groups is 1. The minimum absolute atomic E-state index is 0.000734. The number of aromatic carboxylic acids is 1. The minimum Gasteiger partial charge on any atom is -0.477 e. The van der Waals surface area contributed by atoms with Crippen LogP contribution >= 0.6 is 23.3 Å². The zero-order valence-electron chi connectivity index (χ0n) is 11.4. The zero-order chi connectivity index (χ0) is 15.3. The number of hydrogen-bond acceptors (Lipinski definition) is 6. The molecule has 0 aliphatic carbocycles. The molecule has 0 aliphatic rings. The summed E-state index contributed by atoms with van der Waals surface area (Å²) in [5.74, 6) is -0.574. The van der Waals surface area contributed by atoms with E-state index < -0.39 is 18.1 Å². The Hall–Kier alpha value is -1.32. The van der Waals surface area contributed by atoms with Crippen LogP contribution in [0, 0.1) is 0 Å². The van der Waals surface area contributed by atoms with E-state index in [1.165, 1.54) is 16.7 Å². The maximum Gasteiger partial charge on any atom is 0.341 e. The standard InChI is InChI=1S/C11H17N3O4S2/c1-6(15)4-5-19-9-7(10(16)17)8(20-13-9)12-11(18)14(2)3/h6,15H,4-5H2,1-3H3,(H,12,18)(H,16,17). The average molecular weight is 319 g/mol. The molecule has 1 aromatic heterocycles. The topological polar surface area (TPSA) is 103 Å². The third-order valence-corrected chi connectivity index (χ3v) is 4.16. The van der Waals surface area contributed by atoms with Gasteiger partial charge >= 0.3 is 12.0 Å². The first-order valence-electron chi connectivity index (χ1n) is 5.85. The van der Waals surface area contributed by atoms with Crippen molar-refractivity contribution in [1.29, 1.82) is 0 Å². The summed E-state index contributed by atoms with van der Waals surface area (Å²) < 4.78 is 4.06. The number of amides is 2. The number of aliphatic hydroxyl groups is 1. The van der Waals surface area contributed by atoms with Crippen molar-refractivity contribution in [2.24, 2.45) is 0 Å². The number of nitrogens with zero attached hydrogens (tertiary/aromatic N) is 2. The third kappa shape index (κ3) is 4.66. The second-order valence-corrected chi connectivity index (χ2v) is 6.16. The number of hydrogen-bond donors (Lipinski definition) is 3. The fraction of sp³-hybridized carbons (Fsp3) is 0.545. The zero-order valence-corrected chi connectivity index (χ0v) is 13.0. The number of anilines is 1. The van der Waals surface area contributed by atoms with Crippen LogP contribution in [0.15, 0.2) is 5.03 Å². The normalized spacial score (nSPS) is 12.0. The summed E-state index contributed by atoms with van der Waals surface area (Å²) in [5.41, 5.74) is 0.000734. The van der Waals surface area contributed by atoms with Gasteiger partial charge in [0.05, 0.1) is 6.10 Å². The molecular formula is C11H17N3O4S2. The van der Waals surface area contributed by atoms with Gasteiger partial charge < -0.3 is 15.1 Å². The molecule has 0 radical (unpaired) electrons. The SMILES string of the molecule is CC(O)CCSc1nsc(NC(=O)N(C)C)c1C(=O)O. The lowest BCUT2D eigenvalue weighted by Crippen LogP contribution is -2.27. The number of carboxylic acid groups (broad SMARTS) is 1. The number of carboxylic acids is 1.